The van der Waals surface area contributed by atoms with Crippen LogP contribution in [0.25, 0.3) is 0 Å². The number of nitrogens with one attached hydrogen (secondary N) is 2. The quantitative estimate of drug-likeness (QED) is 0.660. The number of carbonyl (C=O) groups excluding carboxylic acids is 1. The van der Waals surface area contributed by atoms with Crippen molar-refractivity contribution in [3.63, 3.8) is 0 Å². The third-order valence-electron chi connectivity index (χ3n) is 5.26. The smallest absolute Gasteiger partial charge is 0.259 e. The van der Waals surface area contributed by atoms with Gasteiger partial charge in [-0.05, 0) is 49.0 Å². The second-order valence-corrected chi connectivity index (χ2v) is 7.37. The Balaban J connectivity index is 1.50. The molecule has 3 aromatic rings. The second kappa shape index (κ2) is 9.37. The third-order valence-corrected chi connectivity index (χ3v) is 5.26. The largest absolute Gasteiger partial charge is 0.367 e. The molecule has 7 nitrogen and oxygen atoms in total. The van der Waals surface area contributed by atoms with Crippen LogP contribution in [0.3, 0.4) is 0 Å². The van der Waals surface area contributed by atoms with E-state index in [4.69, 9.17) is 0 Å². The van der Waals surface area contributed by atoms with Gasteiger partial charge < -0.3 is 20.4 Å². The molecule has 1 aliphatic rings. The summed E-state index contributed by atoms with van der Waals surface area (Å²) in [7, 11) is 2.13. The van der Waals surface area contributed by atoms with Crippen LogP contribution in [-0.2, 0) is 6.54 Å². The van der Waals surface area contributed by atoms with E-state index in [9.17, 15) is 4.79 Å². The number of hydrogen-bond acceptors (Lipinski definition) is 6. The number of benzene rings is 1. The van der Waals surface area contributed by atoms with Crippen LogP contribution in [0.4, 0.5) is 17.2 Å². The molecule has 4 rings (SSSR count). The highest BCUT2D eigenvalue weighted by atomic mass is 16.1. The lowest BCUT2D eigenvalue weighted by molar-refractivity contribution is 0.102. The maximum Gasteiger partial charge on any atom is 0.259 e. The number of anilines is 3. The van der Waals surface area contributed by atoms with Gasteiger partial charge >= 0.3 is 0 Å². The van der Waals surface area contributed by atoms with Crippen molar-refractivity contribution in [1.29, 1.82) is 0 Å². The lowest BCUT2D eigenvalue weighted by atomic mass is 10.2. The molecule has 1 aliphatic heterocycles. The normalized spacial score (nSPS) is 14.4. The Hall–Kier alpha value is -3.45. The topological polar surface area (TPSA) is 73.4 Å². The molecule has 0 radical (unpaired) electrons. The van der Waals surface area contributed by atoms with Crippen LogP contribution in [0.5, 0.6) is 0 Å². The van der Waals surface area contributed by atoms with Gasteiger partial charge in [0.25, 0.3) is 5.91 Å². The van der Waals surface area contributed by atoms with E-state index in [1.165, 1.54) is 0 Å². The van der Waals surface area contributed by atoms with E-state index in [1.807, 2.05) is 30.3 Å². The zero-order chi connectivity index (χ0) is 20.8. The molecular formula is C23H26N6O. The Kier molecular flexibility index (Phi) is 6.20. The van der Waals surface area contributed by atoms with E-state index in [0.29, 0.717) is 17.9 Å². The average molecular weight is 403 g/mol. The summed E-state index contributed by atoms with van der Waals surface area (Å²) in [6.07, 6.45) is 5.18. The predicted molar refractivity (Wildman–Crippen MR) is 120 cm³/mol. The Morgan fingerprint density at radius 2 is 1.73 bits per heavy atom. The second-order valence-electron chi connectivity index (χ2n) is 7.37. The first-order valence-corrected chi connectivity index (χ1v) is 10.1. The van der Waals surface area contributed by atoms with Crippen LogP contribution in [0.2, 0.25) is 0 Å². The molecule has 7 heteroatoms. The summed E-state index contributed by atoms with van der Waals surface area (Å²) >= 11 is 0. The van der Waals surface area contributed by atoms with Crippen molar-refractivity contribution in [2.45, 2.75) is 6.54 Å². The number of nitrogens with zero attached hydrogens (tertiary/aromatic N) is 4. The molecule has 1 amide bonds. The van der Waals surface area contributed by atoms with Crippen molar-refractivity contribution in [3.8, 4) is 0 Å². The third kappa shape index (κ3) is 4.75. The number of para-hydroxylation sites is 2. The highest BCUT2D eigenvalue weighted by Crippen LogP contribution is 2.27. The number of aromatic nitrogens is 2. The molecule has 0 saturated carbocycles. The van der Waals surface area contributed by atoms with E-state index >= 15 is 0 Å². The van der Waals surface area contributed by atoms with Crippen molar-refractivity contribution in [3.05, 3.63) is 78.2 Å². The molecule has 0 aliphatic carbocycles. The molecular weight excluding hydrogens is 376 g/mol. The number of piperazine rings is 1. The maximum atomic E-state index is 13.1. The molecule has 1 aromatic carbocycles. The molecule has 1 saturated heterocycles. The highest BCUT2D eigenvalue weighted by molar-refractivity contribution is 6.08. The molecule has 2 aromatic heterocycles. The van der Waals surface area contributed by atoms with E-state index in [1.54, 1.807) is 30.7 Å². The highest BCUT2D eigenvalue weighted by Gasteiger charge is 2.19. The van der Waals surface area contributed by atoms with Gasteiger partial charge in [0.2, 0.25) is 0 Å². The minimum Gasteiger partial charge on any atom is -0.367 e. The lowest BCUT2D eigenvalue weighted by Gasteiger charge is -2.35. The Morgan fingerprint density at radius 3 is 2.53 bits per heavy atom. The van der Waals surface area contributed by atoms with Gasteiger partial charge in [0.1, 0.15) is 5.82 Å². The average Bonchev–Trinajstić information content (AvgIpc) is 2.79. The summed E-state index contributed by atoms with van der Waals surface area (Å²) < 4.78 is 0. The lowest BCUT2D eigenvalue weighted by Crippen LogP contribution is -2.44. The first kappa shape index (κ1) is 19.8. The summed E-state index contributed by atoms with van der Waals surface area (Å²) in [5.74, 6) is 0.380. The molecule has 0 atom stereocenters. The first-order chi connectivity index (χ1) is 14.7. The van der Waals surface area contributed by atoms with E-state index in [0.717, 1.165) is 43.1 Å². The van der Waals surface area contributed by atoms with E-state index in [2.05, 4.69) is 43.5 Å². The van der Waals surface area contributed by atoms with Gasteiger partial charge in [-0.3, -0.25) is 9.78 Å². The molecule has 2 N–H and O–H groups in total. The van der Waals surface area contributed by atoms with Crippen LogP contribution in [0.15, 0.2) is 67.1 Å². The summed E-state index contributed by atoms with van der Waals surface area (Å²) in [5, 5.41) is 6.35. The molecule has 0 unspecified atom stereocenters. The van der Waals surface area contributed by atoms with Crippen molar-refractivity contribution in [1.82, 2.24) is 14.9 Å². The fourth-order valence-electron chi connectivity index (χ4n) is 3.51. The molecule has 0 spiro atoms. The molecule has 3 heterocycles. The Morgan fingerprint density at radius 1 is 0.967 bits per heavy atom. The summed E-state index contributed by atoms with van der Waals surface area (Å²) in [4.78, 5) is 26.1. The zero-order valence-electron chi connectivity index (χ0n) is 17.1. The minimum atomic E-state index is -0.179. The molecule has 30 heavy (non-hydrogen) atoms. The summed E-state index contributed by atoms with van der Waals surface area (Å²) in [5.41, 5.74) is 3.45. The van der Waals surface area contributed by atoms with Crippen molar-refractivity contribution < 1.29 is 4.79 Å². The van der Waals surface area contributed by atoms with Gasteiger partial charge in [-0.25, -0.2) is 4.98 Å². The van der Waals surface area contributed by atoms with E-state index in [-0.39, 0.29) is 5.91 Å². The fourth-order valence-corrected chi connectivity index (χ4v) is 3.51. The maximum absolute atomic E-state index is 13.1. The molecule has 1 fully saturated rings. The minimum absolute atomic E-state index is 0.179. The van der Waals surface area contributed by atoms with Crippen molar-refractivity contribution in [2.75, 3.05) is 48.8 Å². The van der Waals surface area contributed by atoms with Gasteiger partial charge in [0, 0.05) is 51.3 Å². The summed E-state index contributed by atoms with van der Waals surface area (Å²) in [6.45, 7) is 4.46. The zero-order valence-corrected chi connectivity index (χ0v) is 17.1. The first-order valence-electron chi connectivity index (χ1n) is 10.1. The number of likely N-dealkylation sites (N-methyl/N-ethyl adjacent to an activating group) is 1. The number of pyridine rings is 2. The van der Waals surface area contributed by atoms with Gasteiger partial charge in [-0.1, -0.05) is 12.1 Å². The standard InChI is InChI=1S/C23H26N6O/c1-28-13-15-29(16-14-28)21-7-3-2-6-20(21)27-23(30)19-5-4-10-25-22(19)26-17-18-8-11-24-12-9-18/h2-12H,13-17H2,1H3,(H,25,26)(H,27,30). The number of carbonyl (C=O) groups is 1. The van der Waals surface area contributed by atoms with Gasteiger partial charge in [0.05, 0.1) is 16.9 Å². The Bertz CT molecular complexity index is 986. The van der Waals surface area contributed by atoms with Gasteiger partial charge in [-0.2, -0.15) is 0 Å². The van der Waals surface area contributed by atoms with Crippen LogP contribution in [0.1, 0.15) is 15.9 Å². The number of hydrogen-bond donors (Lipinski definition) is 2. The van der Waals surface area contributed by atoms with Gasteiger partial charge in [0.15, 0.2) is 0 Å². The van der Waals surface area contributed by atoms with Crippen LogP contribution in [-0.4, -0.2) is 54.0 Å². The van der Waals surface area contributed by atoms with E-state index < -0.39 is 0 Å². The van der Waals surface area contributed by atoms with Crippen molar-refractivity contribution >= 4 is 23.1 Å². The SMILES string of the molecule is CN1CCN(c2ccccc2NC(=O)c2cccnc2NCc2ccncc2)CC1. The number of rotatable bonds is 6. The van der Waals surface area contributed by atoms with Crippen LogP contribution >= 0.6 is 0 Å². The Labute approximate surface area is 176 Å². The fraction of sp³-hybridized carbons (Fsp3) is 0.261. The monoisotopic (exact) mass is 402 g/mol. The molecule has 0 bridgehead atoms. The van der Waals surface area contributed by atoms with Crippen LogP contribution in [0, 0.1) is 0 Å². The van der Waals surface area contributed by atoms with Crippen LogP contribution < -0.4 is 15.5 Å². The number of amides is 1. The molecule has 154 valence electrons. The van der Waals surface area contributed by atoms with Gasteiger partial charge in [-0.15, -0.1) is 0 Å². The predicted octanol–water partition coefficient (Wildman–Crippen LogP) is 3.09. The van der Waals surface area contributed by atoms with Crippen molar-refractivity contribution in [2.24, 2.45) is 0 Å². The summed E-state index contributed by atoms with van der Waals surface area (Å²) in [6, 6.07) is 15.4.